The van der Waals surface area contributed by atoms with Crippen molar-refractivity contribution in [2.75, 3.05) is 11.9 Å². The highest BCUT2D eigenvalue weighted by Crippen LogP contribution is 2.53. The summed E-state index contributed by atoms with van der Waals surface area (Å²) in [5, 5.41) is 6.99. The number of hydrogen-bond donors (Lipinski definition) is 2. The summed E-state index contributed by atoms with van der Waals surface area (Å²) in [6.45, 7) is 4.08. The number of carbonyl (C=O) groups excluding carboxylic acids is 2. The van der Waals surface area contributed by atoms with Gasteiger partial charge in [-0.2, -0.15) is 0 Å². The van der Waals surface area contributed by atoms with E-state index in [2.05, 4.69) is 10.6 Å². The minimum atomic E-state index is -1.09. The van der Waals surface area contributed by atoms with E-state index in [4.69, 9.17) is 27.9 Å². The van der Waals surface area contributed by atoms with Gasteiger partial charge in [0.25, 0.3) is 0 Å². The predicted octanol–water partition coefficient (Wildman–Crippen LogP) is 4.28. The summed E-state index contributed by atoms with van der Waals surface area (Å²) in [6.07, 6.45) is -0.537. The molecule has 0 unspecified atom stereocenters. The normalized spacial score (nSPS) is 26.2. The lowest BCUT2D eigenvalue weighted by Gasteiger charge is -2.40. The Morgan fingerprint density at radius 2 is 1.86 bits per heavy atom. The molecule has 0 saturated carbocycles. The summed E-state index contributed by atoms with van der Waals surface area (Å²) in [5.41, 5.74) is 1.18. The fraction of sp³-hybridized carbons (Fsp3) is 0.364. The molecule has 0 aliphatic carbocycles. The average molecular weight is 433 g/mol. The molecule has 0 radical (unpaired) electrons. The number of anilines is 1. The molecule has 4 rings (SSSR count). The van der Waals surface area contributed by atoms with Gasteiger partial charge in [0.05, 0.1) is 12.2 Å². The fourth-order valence-corrected chi connectivity index (χ4v) is 4.96. The van der Waals surface area contributed by atoms with Gasteiger partial charge in [-0.3, -0.25) is 9.59 Å². The van der Waals surface area contributed by atoms with Crippen LogP contribution in [0.15, 0.2) is 42.5 Å². The average Bonchev–Trinajstić information content (AvgIpc) is 2.85. The largest absolute Gasteiger partial charge is 0.372 e. The molecular formula is C22H22Cl2N2O3. The Hall–Kier alpha value is -2.08. The number of ether oxygens (including phenoxy) is 1. The lowest BCUT2D eigenvalue weighted by molar-refractivity contribution is -0.130. The number of amides is 2. The van der Waals surface area contributed by atoms with Crippen molar-refractivity contribution in [3.63, 3.8) is 0 Å². The Labute approximate surface area is 179 Å². The van der Waals surface area contributed by atoms with Crippen LogP contribution in [0, 0.1) is 0 Å². The molecule has 2 aromatic rings. The van der Waals surface area contributed by atoms with E-state index in [1.54, 1.807) is 18.2 Å². The molecule has 152 valence electrons. The van der Waals surface area contributed by atoms with E-state index in [1.165, 1.54) is 0 Å². The van der Waals surface area contributed by atoms with Crippen molar-refractivity contribution in [2.24, 2.45) is 0 Å². The Bertz CT molecular complexity index is 978. The van der Waals surface area contributed by atoms with E-state index in [1.807, 2.05) is 38.1 Å². The van der Waals surface area contributed by atoms with Gasteiger partial charge in [0, 0.05) is 34.6 Å². The molecule has 2 heterocycles. The maximum absolute atomic E-state index is 13.6. The van der Waals surface area contributed by atoms with Crippen LogP contribution >= 0.6 is 23.2 Å². The van der Waals surface area contributed by atoms with Crippen LogP contribution in [0.2, 0.25) is 10.0 Å². The van der Waals surface area contributed by atoms with Crippen LogP contribution in [0.1, 0.15) is 37.3 Å². The first-order chi connectivity index (χ1) is 13.8. The van der Waals surface area contributed by atoms with Gasteiger partial charge in [0.1, 0.15) is 5.41 Å². The second-order valence-electron chi connectivity index (χ2n) is 7.80. The number of benzene rings is 2. The van der Waals surface area contributed by atoms with E-state index in [0.717, 1.165) is 11.1 Å². The standard InChI is InChI=1S/C22H22Cl2N2O3/c1-12(2)29-19-11-25-20(27)10-17(13-4-3-5-14(23)8-13)22(19)16-7-6-15(24)9-18(16)26-21(22)28/h3-9,12,17,19H,10-11H2,1-2H3,(H,25,27)(H,26,28)/t17-,19-,22-/m0/s1. The third kappa shape index (κ3) is 3.41. The molecule has 5 nitrogen and oxygen atoms in total. The molecule has 0 aromatic heterocycles. The maximum Gasteiger partial charge on any atom is 0.238 e. The number of carbonyl (C=O) groups is 2. The zero-order valence-corrected chi connectivity index (χ0v) is 17.7. The molecule has 2 aromatic carbocycles. The van der Waals surface area contributed by atoms with Gasteiger partial charge in [0.15, 0.2) is 0 Å². The van der Waals surface area contributed by atoms with Crippen LogP contribution in [0.5, 0.6) is 0 Å². The Kier molecular flexibility index (Phi) is 5.32. The van der Waals surface area contributed by atoms with Crippen molar-refractivity contribution in [3.05, 3.63) is 63.6 Å². The fourth-order valence-electron chi connectivity index (χ4n) is 4.59. The first kappa shape index (κ1) is 20.2. The summed E-state index contributed by atoms with van der Waals surface area (Å²) < 4.78 is 6.26. The number of rotatable bonds is 3. The van der Waals surface area contributed by atoms with Crippen LogP contribution in [0.3, 0.4) is 0 Å². The Morgan fingerprint density at radius 1 is 1.10 bits per heavy atom. The molecule has 29 heavy (non-hydrogen) atoms. The SMILES string of the molecule is CC(C)O[C@H]1CNC(=O)C[C@@H](c2cccc(Cl)c2)[C@]12C(=O)Nc1cc(Cl)ccc12. The first-order valence-electron chi connectivity index (χ1n) is 9.61. The van der Waals surface area contributed by atoms with Crippen molar-refractivity contribution in [2.45, 2.75) is 43.8 Å². The van der Waals surface area contributed by atoms with Crippen molar-refractivity contribution in [1.82, 2.24) is 5.32 Å². The van der Waals surface area contributed by atoms with Crippen molar-refractivity contribution < 1.29 is 14.3 Å². The van der Waals surface area contributed by atoms with Crippen LogP contribution in [0.25, 0.3) is 0 Å². The van der Waals surface area contributed by atoms with E-state index in [9.17, 15) is 9.59 Å². The lowest BCUT2D eigenvalue weighted by Crippen LogP contribution is -2.53. The summed E-state index contributed by atoms with van der Waals surface area (Å²) in [5.74, 6) is -0.767. The molecule has 1 fully saturated rings. The predicted molar refractivity (Wildman–Crippen MR) is 114 cm³/mol. The maximum atomic E-state index is 13.6. The number of hydrogen-bond acceptors (Lipinski definition) is 3. The molecule has 0 bridgehead atoms. The highest BCUT2D eigenvalue weighted by Gasteiger charge is 2.60. The van der Waals surface area contributed by atoms with Gasteiger partial charge in [-0.15, -0.1) is 0 Å². The van der Waals surface area contributed by atoms with Gasteiger partial charge in [-0.1, -0.05) is 41.4 Å². The molecule has 1 spiro atoms. The van der Waals surface area contributed by atoms with Crippen LogP contribution in [0.4, 0.5) is 5.69 Å². The van der Waals surface area contributed by atoms with E-state index in [-0.39, 0.29) is 30.9 Å². The number of fused-ring (bicyclic) bond motifs is 2. The van der Waals surface area contributed by atoms with Crippen molar-refractivity contribution in [1.29, 1.82) is 0 Å². The first-order valence-corrected chi connectivity index (χ1v) is 10.4. The van der Waals surface area contributed by atoms with Gasteiger partial charge >= 0.3 is 0 Å². The van der Waals surface area contributed by atoms with Crippen molar-refractivity contribution >= 4 is 40.7 Å². The van der Waals surface area contributed by atoms with Gasteiger partial charge in [-0.25, -0.2) is 0 Å². The zero-order valence-electron chi connectivity index (χ0n) is 16.2. The van der Waals surface area contributed by atoms with E-state index >= 15 is 0 Å². The number of nitrogens with one attached hydrogen (secondary N) is 2. The van der Waals surface area contributed by atoms with Crippen LogP contribution in [-0.2, 0) is 19.7 Å². The Balaban J connectivity index is 1.99. The zero-order chi connectivity index (χ0) is 20.8. The van der Waals surface area contributed by atoms with Crippen molar-refractivity contribution in [3.8, 4) is 0 Å². The quantitative estimate of drug-likeness (QED) is 0.760. The third-order valence-electron chi connectivity index (χ3n) is 5.67. The molecular weight excluding hydrogens is 411 g/mol. The highest BCUT2D eigenvalue weighted by molar-refractivity contribution is 6.31. The molecule has 1 saturated heterocycles. The summed E-state index contributed by atoms with van der Waals surface area (Å²) >= 11 is 12.4. The molecule has 2 N–H and O–H groups in total. The molecule has 2 aliphatic rings. The smallest absolute Gasteiger partial charge is 0.238 e. The van der Waals surface area contributed by atoms with Gasteiger partial charge in [-0.05, 0) is 49.2 Å². The van der Waals surface area contributed by atoms with Gasteiger partial charge in [0.2, 0.25) is 11.8 Å². The second kappa shape index (κ2) is 7.63. The van der Waals surface area contributed by atoms with Gasteiger partial charge < -0.3 is 15.4 Å². The van der Waals surface area contributed by atoms with Crippen LogP contribution in [-0.4, -0.2) is 30.6 Å². The monoisotopic (exact) mass is 432 g/mol. The summed E-state index contributed by atoms with van der Waals surface area (Å²) in [6, 6.07) is 12.7. The Morgan fingerprint density at radius 3 is 2.59 bits per heavy atom. The van der Waals surface area contributed by atoms with Crippen LogP contribution < -0.4 is 10.6 Å². The summed E-state index contributed by atoms with van der Waals surface area (Å²) in [7, 11) is 0. The molecule has 3 atom stereocenters. The second-order valence-corrected chi connectivity index (χ2v) is 8.68. The third-order valence-corrected chi connectivity index (χ3v) is 6.14. The molecule has 7 heteroatoms. The van der Waals surface area contributed by atoms with E-state index < -0.39 is 17.4 Å². The lowest BCUT2D eigenvalue weighted by atomic mass is 9.64. The number of halogens is 2. The van der Waals surface area contributed by atoms with E-state index in [0.29, 0.717) is 15.7 Å². The molecule has 2 amide bonds. The minimum absolute atomic E-state index is 0.126. The molecule has 2 aliphatic heterocycles. The summed E-state index contributed by atoms with van der Waals surface area (Å²) in [4.78, 5) is 26.3. The highest BCUT2D eigenvalue weighted by atomic mass is 35.5. The topological polar surface area (TPSA) is 67.4 Å². The minimum Gasteiger partial charge on any atom is -0.372 e.